The van der Waals surface area contributed by atoms with Crippen molar-refractivity contribution in [2.45, 2.75) is 10.8 Å². The van der Waals surface area contributed by atoms with Crippen LogP contribution in [0.2, 0.25) is 0 Å². The molecule has 0 aliphatic carbocycles. The van der Waals surface area contributed by atoms with Crippen LogP contribution in [-0.2, 0) is 21.3 Å². The predicted octanol–water partition coefficient (Wildman–Crippen LogP) is 0.0638. The van der Waals surface area contributed by atoms with E-state index in [4.69, 9.17) is 4.74 Å². The van der Waals surface area contributed by atoms with Gasteiger partial charge in [0.15, 0.2) is 5.96 Å². The number of ether oxygens (including phenoxy) is 1. The second-order valence-electron chi connectivity index (χ2n) is 4.41. The Morgan fingerprint density at radius 1 is 1.43 bits per heavy atom. The fraction of sp³-hybridized carbons (Fsp3) is 0.583. The lowest BCUT2D eigenvalue weighted by atomic mass is 10.5. The summed E-state index contributed by atoms with van der Waals surface area (Å²) in [4.78, 5) is 4.95. The molecule has 2 N–H and O–H groups in total. The van der Waals surface area contributed by atoms with Gasteiger partial charge < -0.3 is 15.4 Å². The van der Waals surface area contributed by atoms with Crippen LogP contribution in [0.4, 0.5) is 0 Å². The largest absolute Gasteiger partial charge is 0.379 e. The van der Waals surface area contributed by atoms with Crippen molar-refractivity contribution in [2.24, 2.45) is 4.99 Å². The van der Waals surface area contributed by atoms with Crippen LogP contribution < -0.4 is 10.6 Å². The van der Waals surface area contributed by atoms with Gasteiger partial charge in [0.25, 0.3) is 10.0 Å². The van der Waals surface area contributed by atoms with Crippen molar-refractivity contribution < 1.29 is 13.2 Å². The van der Waals surface area contributed by atoms with E-state index in [1.54, 1.807) is 20.2 Å². The Balaban J connectivity index is 2.04. The number of thiophene rings is 1. The Hall–Kier alpha value is -1.16. The molecule has 0 saturated carbocycles. The molecule has 1 aromatic rings. The van der Waals surface area contributed by atoms with Crippen LogP contribution in [0.5, 0.6) is 0 Å². The molecule has 0 atom stereocenters. The van der Waals surface area contributed by atoms with Gasteiger partial charge in [-0.15, -0.1) is 11.3 Å². The molecule has 1 fully saturated rings. The highest BCUT2D eigenvalue weighted by Gasteiger charge is 2.27. The number of rotatable bonds is 4. The van der Waals surface area contributed by atoms with E-state index in [1.165, 1.54) is 15.6 Å². The fourth-order valence-corrected chi connectivity index (χ4v) is 4.81. The summed E-state index contributed by atoms with van der Waals surface area (Å²) < 4.78 is 32.0. The third-order valence-corrected chi connectivity index (χ3v) is 6.54. The molecule has 0 aromatic carbocycles. The average Bonchev–Trinajstić information content (AvgIpc) is 2.99. The normalized spacial score (nSPS) is 17.7. The van der Waals surface area contributed by atoms with Gasteiger partial charge >= 0.3 is 0 Å². The first-order valence-electron chi connectivity index (χ1n) is 6.63. The summed E-state index contributed by atoms with van der Waals surface area (Å²) in [6, 6.07) is 3.49. The number of guanidine groups is 1. The van der Waals surface area contributed by atoms with Crippen molar-refractivity contribution in [3.05, 3.63) is 17.0 Å². The average molecular weight is 332 g/mol. The molecule has 0 spiro atoms. The van der Waals surface area contributed by atoms with Crippen molar-refractivity contribution in [3.8, 4) is 0 Å². The molecule has 0 bridgehead atoms. The fourth-order valence-electron chi connectivity index (χ4n) is 1.96. The Bertz CT molecular complexity index is 591. The highest BCUT2D eigenvalue weighted by molar-refractivity contribution is 7.91. The zero-order valence-electron chi connectivity index (χ0n) is 12.1. The summed E-state index contributed by atoms with van der Waals surface area (Å²) in [5.41, 5.74) is 0. The van der Waals surface area contributed by atoms with E-state index < -0.39 is 10.0 Å². The monoisotopic (exact) mass is 332 g/mol. The number of hydrogen-bond donors (Lipinski definition) is 2. The second-order valence-corrected chi connectivity index (χ2v) is 7.75. The van der Waals surface area contributed by atoms with Gasteiger partial charge in [0.2, 0.25) is 0 Å². The molecule has 21 heavy (non-hydrogen) atoms. The zero-order valence-corrected chi connectivity index (χ0v) is 13.8. The third kappa shape index (κ3) is 3.94. The minimum absolute atomic E-state index is 0.376. The van der Waals surface area contributed by atoms with Crippen LogP contribution in [-0.4, -0.2) is 59.1 Å². The van der Waals surface area contributed by atoms with E-state index >= 15 is 0 Å². The topological polar surface area (TPSA) is 83.0 Å². The van der Waals surface area contributed by atoms with Crippen LogP contribution in [0.25, 0.3) is 0 Å². The van der Waals surface area contributed by atoms with E-state index in [9.17, 15) is 8.42 Å². The smallest absolute Gasteiger partial charge is 0.252 e. The molecule has 1 aliphatic heterocycles. The molecule has 0 amide bonds. The van der Waals surface area contributed by atoms with Crippen molar-refractivity contribution >= 4 is 27.3 Å². The lowest BCUT2D eigenvalue weighted by Gasteiger charge is -2.25. The summed E-state index contributed by atoms with van der Waals surface area (Å²) in [5, 5.41) is 6.01. The summed E-state index contributed by atoms with van der Waals surface area (Å²) in [5.74, 6) is 0.668. The maximum absolute atomic E-state index is 12.5. The lowest BCUT2D eigenvalue weighted by Crippen LogP contribution is -2.40. The molecule has 1 aliphatic rings. The van der Waals surface area contributed by atoms with E-state index in [0.29, 0.717) is 43.0 Å². The molecular formula is C12H20N4O3S2. The van der Waals surface area contributed by atoms with Gasteiger partial charge in [-0.25, -0.2) is 8.42 Å². The number of nitrogens with one attached hydrogen (secondary N) is 2. The van der Waals surface area contributed by atoms with Gasteiger partial charge in [-0.3, -0.25) is 4.99 Å². The van der Waals surface area contributed by atoms with Crippen LogP contribution >= 0.6 is 11.3 Å². The number of aliphatic imine (C=N–C) groups is 1. The molecule has 9 heteroatoms. The number of morpholine rings is 1. The van der Waals surface area contributed by atoms with Crippen LogP contribution in [0.3, 0.4) is 0 Å². The summed E-state index contributed by atoms with van der Waals surface area (Å²) in [6.07, 6.45) is 0. The molecular weight excluding hydrogens is 312 g/mol. The molecule has 2 heterocycles. The quantitative estimate of drug-likeness (QED) is 0.602. The first kappa shape index (κ1) is 16.2. The van der Waals surface area contributed by atoms with Gasteiger partial charge in [0, 0.05) is 32.1 Å². The molecule has 2 rings (SSSR count). The van der Waals surface area contributed by atoms with Gasteiger partial charge in [0.05, 0.1) is 19.8 Å². The molecule has 118 valence electrons. The Kier molecular flexibility index (Phi) is 5.57. The molecule has 1 aromatic heterocycles. The first-order valence-corrected chi connectivity index (χ1v) is 8.88. The summed E-state index contributed by atoms with van der Waals surface area (Å²) >= 11 is 1.28. The highest BCUT2D eigenvalue weighted by Crippen LogP contribution is 2.25. The maximum Gasteiger partial charge on any atom is 0.252 e. The Morgan fingerprint density at radius 2 is 2.14 bits per heavy atom. The molecule has 7 nitrogen and oxygen atoms in total. The standard InChI is InChI=1S/C12H20N4O3S2/c1-13-12(14-2)15-9-10-3-4-11(20-10)21(17,18)16-5-7-19-8-6-16/h3-4H,5-9H2,1-2H3,(H2,13,14,15). The van der Waals surface area contributed by atoms with Gasteiger partial charge in [0.1, 0.15) is 4.21 Å². The van der Waals surface area contributed by atoms with E-state index in [0.717, 1.165) is 4.88 Å². The van der Waals surface area contributed by atoms with Gasteiger partial charge in [-0.2, -0.15) is 4.31 Å². The second kappa shape index (κ2) is 7.21. The Labute approximate surface area is 129 Å². The van der Waals surface area contributed by atoms with E-state index in [1.807, 2.05) is 6.07 Å². The van der Waals surface area contributed by atoms with Crippen LogP contribution in [0.1, 0.15) is 4.88 Å². The number of nitrogens with zero attached hydrogens (tertiary/aromatic N) is 2. The SMILES string of the molecule is CN=C(NC)NCc1ccc(S(=O)(=O)N2CCOCC2)s1. The number of hydrogen-bond acceptors (Lipinski definition) is 5. The molecule has 0 unspecified atom stereocenters. The van der Waals surface area contributed by atoms with Crippen molar-refractivity contribution in [1.29, 1.82) is 0 Å². The minimum Gasteiger partial charge on any atom is -0.379 e. The van der Waals surface area contributed by atoms with Crippen molar-refractivity contribution in [1.82, 2.24) is 14.9 Å². The lowest BCUT2D eigenvalue weighted by molar-refractivity contribution is 0.0731. The van der Waals surface area contributed by atoms with Gasteiger partial charge in [-0.1, -0.05) is 0 Å². The zero-order chi connectivity index (χ0) is 15.3. The minimum atomic E-state index is -3.39. The molecule has 1 saturated heterocycles. The summed E-state index contributed by atoms with van der Waals surface area (Å²) in [7, 11) is 0.0653. The van der Waals surface area contributed by atoms with Crippen LogP contribution in [0.15, 0.2) is 21.3 Å². The highest BCUT2D eigenvalue weighted by atomic mass is 32.2. The maximum atomic E-state index is 12.5. The molecule has 0 radical (unpaired) electrons. The van der Waals surface area contributed by atoms with Crippen molar-refractivity contribution in [2.75, 3.05) is 40.4 Å². The number of sulfonamides is 1. The van der Waals surface area contributed by atoms with Crippen molar-refractivity contribution in [3.63, 3.8) is 0 Å². The Morgan fingerprint density at radius 3 is 2.76 bits per heavy atom. The van der Waals surface area contributed by atoms with E-state index in [-0.39, 0.29) is 0 Å². The predicted molar refractivity (Wildman–Crippen MR) is 83.2 cm³/mol. The van der Waals surface area contributed by atoms with Gasteiger partial charge in [-0.05, 0) is 12.1 Å². The van der Waals surface area contributed by atoms with Crippen LogP contribution in [0, 0.1) is 0 Å². The van der Waals surface area contributed by atoms with E-state index in [2.05, 4.69) is 15.6 Å². The first-order chi connectivity index (χ1) is 10.1. The summed E-state index contributed by atoms with van der Waals surface area (Å²) in [6.45, 7) is 2.28. The third-order valence-electron chi connectivity index (χ3n) is 3.09.